The van der Waals surface area contributed by atoms with Gasteiger partial charge < -0.3 is 18.1 Å². The maximum absolute atomic E-state index is 13.7. The lowest BCUT2D eigenvalue weighted by atomic mass is 10.2. The fraction of sp³-hybridized carbons (Fsp3) is 0.429. The topological polar surface area (TPSA) is 71.1 Å². The summed E-state index contributed by atoms with van der Waals surface area (Å²) in [5.41, 5.74) is 0.530. The zero-order valence-electron chi connectivity index (χ0n) is 17.9. The van der Waals surface area contributed by atoms with E-state index in [4.69, 9.17) is 18.1 Å². The van der Waals surface area contributed by atoms with Gasteiger partial charge in [0.05, 0.1) is 26.4 Å². The van der Waals surface area contributed by atoms with Gasteiger partial charge >= 0.3 is 15.2 Å². The van der Waals surface area contributed by atoms with Crippen molar-refractivity contribution in [2.24, 2.45) is 0 Å². The largest absolute Gasteiger partial charge is 0.350 e. The summed E-state index contributed by atoms with van der Waals surface area (Å²) in [5.74, 6) is 0. The van der Waals surface area contributed by atoms with Gasteiger partial charge in [0.1, 0.15) is 0 Å². The van der Waals surface area contributed by atoms with Crippen molar-refractivity contribution in [1.82, 2.24) is 0 Å². The summed E-state index contributed by atoms with van der Waals surface area (Å²) in [6.45, 7) is 7.45. The summed E-state index contributed by atoms with van der Waals surface area (Å²) >= 11 is 1.60. The minimum Gasteiger partial charge on any atom is -0.308 e. The molecule has 6 nitrogen and oxygen atoms in total. The van der Waals surface area contributed by atoms with Crippen LogP contribution in [-0.2, 0) is 27.2 Å². The maximum atomic E-state index is 13.7. The molecule has 0 radical (unpaired) electrons. The van der Waals surface area contributed by atoms with Gasteiger partial charge in [-0.25, -0.2) is 0 Å². The lowest BCUT2D eigenvalue weighted by molar-refractivity contribution is 0.195. The first-order chi connectivity index (χ1) is 14.4. The Morgan fingerprint density at radius 3 is 1.47 bits per heavy atom. The molecule has 0 fully saturated rings. The highest BCUT2D eigenvalue weighted by molar-refractivity contribution is 7.99. The molecule has 0 N–H and O–H groups in total. The summed E-state index contributed by atoms with van der Waals surface area (Å²) in [5, 5.41) is -1.17. The second-order valence-electron chi connectivity index (χ2n) is 6.11. The third kappa shape index (κ3) is 6.54. The lowest BCUT2D eigenvalue weighted by Gasteiger charge is -2.31. The maximum Gasteiger partial charge on any atom is 0.350 e. The standard InChI is InChI=1S/C21H30O6P2S/c1-5-24-28(22,25-6-2)21(29(23,26-7-3)27-8-4)18-14-16-20(17-15-18)30-19-12-10-9-11-13-19/h9-17,21H,5-8H2,1-4H3. The highest BCUT2D eigenvalue weighted by atomic mass is 32.2. The second-order valence-corrected chi connectivity index (χ2v) is 11.9. The van der Waals surface area contributed by atoms with E-state index in [1.54, 1.807) is 51.6 Å². The third-order valence-electron chi connectivity index (χ3n) is 3.99. The number of hydrogen-bond acceptors (Lipinski definition) is 7. The molecule has 0 bridgehead atoms. The Bertz CT molecular complexity index is 810. The van der Waals surface area contributed by atoms with Crippen molar-refractivity contribution < 1.29 is 27.2 Å². The van der Waals surface area contributed by atoms with Crippen molar-refractivity contribution in [2.45, 2.75) is 42.9 Å². The highest BCUT2D eigenvalue weighted by Gasteiger charge is 2.51. The first-order valence-electron chi connectivity index (χ1n) is 10.0. The predicted molar refractivity (Wildman–Crippen MR) is 121 cm³/mol. The molecule has 0 heterocycles. The molecule has 30 heavy (non-hydrogen) atoms. The van der Waals surface area contributed by atoms with Crippen molar-refractivity contribution in [1.29, 1.82) is 0 Å². The van der Waals surface area contributed by atoms with Gasteiger partial charge in [0.25, 0.3) is 0 Å². The van der Waals surface area contributed by atoms with Gasteiger partial charge in [0.15, 0.2) is 5.40 Å². The zero-order valence-corrected chi connectivity index (χ0v) is 20.5. The van der Waals surface area contributed by atoms with Gasteiger partial charge in [0.2, 0.25) is 0 Å². The van der Waals surface area contributed by atoms with Crippen LogP contribution in [0.5, 0.6) is 0 Å². The molecule has 0 saturated carbocycles. The second kappa shape index (κ2) is 12.2. The third-order valence-corrected chi connectivity index (χ3v) is 11.0. The Kier molecular flexibility index (Phi) is 10.3. The molecular weight excluding hydrogens is 442 g/mol. The van der Waals surface area contributed by atoms with Gasteiger partial charge in [-0.3, -0.25) is 9.13 Å². The molecule has 0 atom stereocenters. The van der Waals surface area contributed by atoms with E-state index >= 15 is 0 Å². The van der Waals surface area contributed by atoms with E-state index in [9.17, 15) is 9.13 Å². The Labute approximate surface area is 183 Å². The van der Waals surface area contributed by atoms with E-state index in [-0.39, 0.29) is 26.4 Å². The van der Waals surface area contributed by atoms with E-state index in [0.717, 1.165) is 9.79 Å². The lowest BCUT2D eigenvalue weighted by Crippen LogP contribution is -2.11. The molecule has 2 aromatic carbocycles. The monoisotopic (exact) mass is 472 g/mol. The van der Waals surface area contributed by atoms with Crippen LogP contribution in [0, 0.1) is 0 Å². The van der Waals surface area contributed by atoms with Gasteiger partial charge in [-0.05, 0) is 57.5 Å². The Morgan fingerprint density at radius 1 is 0.667 bits per heavy atom. The van der Waals surface area contributed by atoms with Crippen molar-refractivity contribution >= 4 is 27.0 Å². The average molecular weight is 472 g/mol. The summed E-state index contributed by atoms with van der Waals surface area (Å²) in [6.07, 6.45) is 0. The first-order valence-corrected chi connectivity index (χ1v) is 14.1. The van der Waals surface area contributed by atoms with E-state index in [1.165, 1.54) is 0 Å². The van der Waals surface area contributed by atoms with E-state index in [1.807, 2.05) is 42.5 Å². The molecule has 0 aliphatic rings. The number of hydrogen-bond donors (Lipinski definition) is 0. The molecule has 2 aromatic rings. The Balaban J connectivity index is 2.47. The predicted octanol–water partition coefficient (Wildman–Crippen LogP) is 7.37. The normalized spacial score (nSPS) is 12.4. The van der Waals surface area contributed by atoms with Crippen LogP contribution in [0.15, 0.2) is 64.4 Å². The molecule has 0 aromatic heterocycles. The van der Waals surface area contributed by atoms with Crippen LogP contribution in [0.4, 0.5) is 0 Å². The molecule has 0 aliphatic heterocycles. The van der Waals surface area contributed by atoms with Crippen molar-refractivity contribution in [3.8, 4) is 0 Å². The fourth-order valence-electron chi connectivity index (χ4n) is 2.95. The number of rotatable bonds is 13. The van der Waals surface area contributed by atoms with Crippen LogP contribution in [0.25, 0.3) is 0 Å². The molecule has 2 rings (SSSR count). The fourth-order valence-corrected chi connectivity index (χ4v) is 9.20. The summed E-state index contributed by atoms with van der Waals surface area (Å²) in [4.78, 5) is 2.10. The van der Waals surface area contributed by atoms with Crippen LogP contribution in [-0.4, -0.2) is 26.4 Å². The summed E-state index contributed by atoms with van der Waals surface area (Å²) in [6, 6.07) is 17.3. The Morgan fingerprint density at radius 2 is 1.07 bits per heavy atom. The molecule has 166 valence electrons. The molecule has 0 unspecified atom stereocenters. The van der Waals surface area contributed by atoms with Crippen LogP contribution in [0.2, 0.25) is 0 Å². The minimum atomic E-state index is -3.83. The quantitative estimate of drug-likeness (QED) is 0.282. The van der Waals surface area contributed by atoms with Gasteiger partial charge in [-0.2, -0.15) is 0 Å². The summed E-state index contributed by atoms with van der Waals surface area (Å²) in [7, 11) is -7.67. The SMILES string of the molecule is CCOP(=O)(OCC)C(c1ccc(Sc2ccccc2)cc1)P(=O)(OCC)OCC. The van der Waals surface area contributed by atoms with Crippen molar-refractivity contribution in [3.05, 3.63) is 60.2 Å². The highest BCUT2D eigenvalue weighted by Crippen LogP contribution is 2.78. The van der Waals surface area contributed by atoms with Crippen LogP contribution in [0.3, 0.4) is 0 Å². The van der Waals surface area contributed by atoms with Gasteiger partial charge in [-0.1, -0.05) is 42.1 Å². The Hall–Kier alpha value is -0.910. The zero-order chi connectivity index (χ0) is 22.0. The van der Waals surface area contributed by atoms with E-state index in [0.29, 0.717) is 5.56 Å². The summed E-state index contributed by atoms with van der Waals surface area (Å²) < 4.78 is 49.6. The van der Waals surface area contributed by atoms with Crippen molar-refractivity contribution in [3.63, 3.8) is 0 Å². The smallest absolute Gasteiger partial charge is 0.308 e. The van der Waals surface area contributed by atoms with Crippen LogP contribution < -0.4 is 0 Å². The molecule has 0 spiro atoms. The van der Waals surface area contributed by atoms with E-state index in [2.05, 4.69) is 0 Å². The molecule has 0 amide bonds. The molecular formula is C21H30O6P2S. The van der Waals surface area contributed by atoms with Gasteiger partial charge in [0, 0.05) is 9.79 Å². The van der Waals surface area contributed by atoms with Gasteiger partial charge in [-0.15, -0.1) is 0 Å². The van der Waals surface area contributed by atoms with Crippen LogP contribution in [0.1, 0.15) is 38.7 Å². The molecule has 0 saturated heterocycles. The first kappa shape index (κ1) is 25.4. The molecule has 0 aliphatic carbocycles. The minimum absolute atomic E-state index is 0.147. The van der Waals surface area contributed by atoms with Crippen molar-refractivity contribution in [2.75, 3.05) is 26.4 Å². The van der Waals surface area contributed by atoms with E-state index < -0.39 is 20.6 Å². The van der Waals surface area contributed by atoms with Crippen LogP contribution >= 0.6 is 27.0 Å². The molecule has 9 heteroatoms. The number of benzene rings is 2. The average Bonchev–Trinajstić information content (AvgIpc) is 2.71.